The highest BCUT2D eigenvalue weighted by molar-refractivity contribution is 5.97. The van der Waals surface area contributed by atoms with Gasteiger partial charge in [0.05, 0.1) is 11.0 Å². The van der Waals surface area contributed by atoms with Gasteiger partial charge in [0.15, 0.2) is 0 Å². The standard InChI is InChI=1S/C27H28N4O2/c1-20-29-23-15-8-9-16-25(23)31(20)18-10-17-28-27(33)24(19-21-11-4-2-5-12-21)30-26(32)22-13-6-3-7-14-22/h2-9,11-16,24H,10,17-19H2,1H3,(H,28,33)(H,30,32). The Hall–Kier alpha value is -3.93. The number of nitrogens with zero attached hydrogens (tertiary/aromatic N) is 2. The number of para-hydroxylation sites is 2. The maximum absolute atomic E-state index is 13.0. The summed E-state index contributed by atoms with van der Waals surface area (Å²) in [4.78, 5) is 30.3. The van der Waals surface area contributed by atoms with E-state index in [4.69, 9.17) is 0 Å². The van der Waals surface area contributed by atoms with Crippen LogP contribution in [-0.4, -0.2) is 34.0 Å². The van der Waals surface area contributed by atoms with Gasteiger partial charge in [-0.2, -0.15) is 0 Å². The SMILES string of the molecule is Cc1nc2ccccc2n1CCCNC(=O)C(Cc1ccccc1)NC(=O)c1ccccc1. The van der Waals surface area contributed by atoms with Crippen molar-refractivity contribution in [3.8, 4) is 0 Å². The van der Waals surface area contributed by atoms with E-state index >= 15 is 0 Å². The van der Waals surface area contributed by atoms with Gasteiger partial charge in [0.25, 0.3) is 5.91 Å². The fourth-order valence-corrected chi connectivity index (χ4v) is 3.94. The molecule has 1 aromatic heterocycles. The topological polar surface area (TPSA) is 76.0 Å². The van der Waals surface area contributed by atoms with Crippen LogP contribution in [0.2, 0.25) is 0 Å². The van der Waals surface area contributed by atoms with Gasteiger partial charge in [0, 0.05) is 25.1 Å². The molecule has 1 heterocycles. The second-order valence-electron chi connectivity index (χ2n) is 8.03. The molecule has 2 N–H and O–H groups in total. The van der Waals surface area contributed by atoms with Gasteiger partial charge < -0.3 is 15.2 Å². The molecule has 0 saturated heterocycles. The smallest absolute Gasteiger partial charge is 0.251 e. The molecular formula is C27H28N4O2. The number of carbonyl (C=O) groups excluding carboxylic acids is 2. The first-order valence-corrected chi connectivity index (χ1v) is 11.2. The van der Waals surface area contributed by atoms with Gasteiger partial charge in [-0.15, -0.1) is 0 Å². The van der Waals surface area contributed by atoms with Crippen LogP contribution in [0.4, 0.5) is 0 Å². The number of benzene rings is 3. The Morgan fingerprint density at radius 2 is 1.58 bits per heavy atom. The molecule has 0 bridgehead atoms. The van der Waals surface area contributed by atoms with Gasteiger partial charge in [0.1, 0.15) is 11.9 Å². The Morgan fingerprint density at radius 3 is 2.33 bits per heavy atom. The second-order valence-corrected chi connectivity index (χ2v) is 8.03. The number of hydrogen-bond acceptors (Lipinski definition) is 3. The molecule has 2 amide bonds. The van der Waals surface area contributed by atoms with Crippen LogP contribution in [-0.2, 0) is 17.8 Å². The summed E-state index contributed by atoms with van der Waals surface area (Å²) in [5.41, 5.74) is 3.60. The van der Waals surface area contributed by atoms with Crippen LogP contribution >= 0.6 is 0 Å². The van der Waals surface area contributed by atoms with E-state index in [1.165, 1.54) is 0 Å². The predicted molar refractivity (Wildman–Crippen MR) is 130 cm³/mol. The first-order valence-electron chi connectivity index (χ1n) is 11.2. The molecule has 0 aliphatic carbocycles. The van der Waals surface area contributed by atoms with Crippen LogP contribution in [0.3, 0.4) is 0 Å². The normalized spacial score (nSPS) is 11.8. The molecule has 1 unspecified atom stereocenters. The van der Waals surface area contributed by atoms with Crippen molar-refractivity contribution < 1.29 is 9.59 Å². The minimum absolute atomic E-state index is 0.185. The summed E-state index contributed by atoms with van der Waals surface area (Å²) in [6.07, 6.45) is 1.19. The zero-order chi connectivity index (χ0) is 23.0. The molecular weight excluding hydrogens is 412 g/mol. The Morgan fingerprint density at radius 1 is 0.909 bits per heavy atom. The van der Waals surface area contributed by atoms with E-state index in [1.54, 1.807) is 12.1 Å². The number of rotatable bonds is 9. The summed E-state index contributed by atoms with van der Waals surface area (Å²) in [6, 6.07) is 26.1. The summed E-state index contributed by atoms with van der Waals surface area (Å²) < 4.78 is 2.17. The highest BCUT2D eigenvalue weighted by Gasteiger charge is 2.21. The van der Waals surface area contributed by atoms with Crippen LogP contribution in [0.1, 0.15) is 28.2 Å². The summed E-state index contributed by atoms with van der Waals surface area (Å²) >= 11 is 0. The van der Waals surface area contributed by atoms with Crippen molar-refractivity contribution in [3.63, 3.8) is 0 Å². The molecule has 3 aromatic carbocycles. The van der Waals surface area contributed by atoms with E-state index in [-0.39, 0.29) is 11.8 Å². The fraction of sp³-hybridized carbons (Fsp3) is 0.222. The number of carbonyl (C=O) groups is 2. The zero-order valence-electron chi connectivity index (χ0n) is 18.7. The number of amides is 2. The molecule has 33 heavy (non-hydrogen) atoms. The average molecular weight is 441 g/mol. The Kier molecular flexibility index (Phi) is 7.15. The van der Waals surface area contributed by atoms with Gasteiger partial charge in [-0.05, 0) is 43.2 Å². The summed E-state index contributed by atoms with van der Waals surface area (Å²) in [5.74, 6) is 0.516. The van der Waals surface area contributed by atoms with Gasteiger partial charge >= 0.3 is 0 Å². The van der Waals surface area contributed by atoms with Crippen LogP contribution in [0.25, 0.3) is 11.0 Å². The molecule has 168 valence electrons. The monoisotopic (exact) mass is 440 g/mol. The Balaban J connectivity index is 1.38. The van der Waals surface area contributed by atoms with Crippen molar-refractivity contribution >= 4 is 22.8 Å². The van der Waals surface area contributed by atoms with Crippen molar-refractivity contribution in [2.75, 3.05) is 6.54 Å². The van der Waals surface area contributed by atoms with Crippen LogP contribution < -0.4 is 10.6 Å². The lowest BCUT2D eigenvalue weighted by Crippen LogP contribution is -2.48. The maximum atomic E-state index is 13.0. The number of fused-ring (bicyclic) bond motifs is 1. The van der Waals surface area contributed by atoms with E-state index in [0.29, 0.717) is 18.5 Å². The lowest BCUT2D eigenvalue weighted by atomic mass is 10.0. The van der Waals surface area contributed by atoms with Gasteiger partial charge in [-0.25, -0.2) is 4.98 Å². The average Bonchev–Trinajstić information content (AvgIpc) is 3.17. The highest BCUT2D eigenvalue weighted by atomic mass is 16.2. The van der Waals surface area contributed by atoms with E-state index in [9.17, 15) is 9.59 Å². The van der Waals surface area contributed by atoms with Crippen molar-refractivity contribution in [1.82, 2.24) is 20.2 Å². The van der Waals surface area contributed by atoms with E-state index < -0.39 is 6.04 Å². The molecule has 0 spiro atoms. The van der Waals surface area contributed by atoms with Crippen molar-refractivity contribution in [2.24, 2.45) is 0 Å². The molecule has 0 fully saturated rings. The molecule has 0 aliphatic rings. The maximum Gasteiger partial charge on any atom is 0.251 e. The predicted octanol–water partition coefficient (Wildman–Crippen LogP) is 3.89. The fourth-order valence-electron chi connectivity index (χ4n) is 3.94. The number of nitrogens with one attached hydrogen (secondary N) is 2. The lowest BCUT2D eigenvalue weighted by molar-refractivity contribution is -0.122. The minimum Gasteiger partial charge on any atom is -0.354 e. The van der Waals surface area contributed by atoms with Gasteiger partial charge in [0.2, 0.25) is 5.91 Å². The Labute approximate surface area is 193 Å². The number of hydrogen-bond donors (Lipinski definition) is 2. The summed E-state index contributed by atoms with van der Waals surface area (Å²) in [7, 11) is 0. The molecule has 4 rings (SSSR count). The molecule has 1 atom stereocenters. The van der Waals surface area contributed by atoms with Crippen molar-refractivity contribution in [1.29, 1.82) is 0 Å². The third-order valence-corrected chi connectivity index (χ3v) is 5.64. The Bertz CT molecular complexity index is 1220. The van der Waals surface area contributed by atoms with E-state index in [0.717, 1.165) is 35.4 Å². The molecule has 6 heteroatoms. The third kappa shape index (κ3) is 5.66. The van der Waals surface area contributed by atoms with Gasteiger partial charge in [-0.3, -0.25) is 9.59 Å². The minimum atomic E-state index is -0.657. The number of imidazole rings is 1. The van der Waals surface area contributed by atoms with Gasteiger partial charge in [-0.1, -0.05) is 60.7 Å². The summed E-state index contributed by atoms with van der Waals surface area (Å²) in [6.45, 7) is 3.26. The third-order valence-electron chi connectivity index (χ3n) is 5.64. The highest BCUT2D eigenvalue weighted by Crippen LogP contribution is 2.15. The van der Waals surface area contributed by atoms with Crippen LogP contribution in [0.5, 0.6) is 0 Å². The quantitative estimate of drug-likeness (QED) is 0.388. The molecule has 0 radical (unpaired) electrons. The largest absolute Gasteiger partial charge is 0.354 e. The first kappa shape index (κ1) is 22.3. The second kappa shape index (κ2) is 10.6. The summed E-state index contributed by atoms with van der Waals surface area (Å²) in [5, 5.41) is 5.91. The molecule has 4 aromatic rings. The first-order chi connectivity index (χ1) is 16.1. The van der Waals surface area contributed by atoms with E-state index in [1.807, 2.05) is 73.7 Å². The van der Waals surface area contributed by atoms with Crippen molar-refractivity contribution in [2.45, 2.75) is 32.4 Å². The van der Waals surface area contributed by atoms with Crippen LogP contribution in [0.15, 0.2) is 84.9 Å². The van der Waals surface area contributed by atoms with Crippen LogP contribution in [0, 0.1) is 6.92 Å². The zero-order valence-corrected chi connectivity index (χ0v) is 18.7. The molecule has 6 nitrogen and oxygen atoms in total. The van der Waals surface area contributed by atoms with E-state index in [2.05, 4.69) is 26.3 Å². The number of aryl methyl sites for hydroxylation is 2. The molecule has 0 saturated carbocycles. The lowest BCUT2D eigenvalue weighted by Gasteiger charge is -2.19. The number of aromatic nitrogens is 2. The van der Waals surface area contributed by atoms with Crippen molar-refractivity contribution in [3.05, 3.63) is 102 Å². The molecule has 0 aliphatic heterocycles.